The largest absolute Gasteiger partial charge is 0.478 e. The van der Waals surface area contributed by atoms with Gasteiger partial charge in [-0.1, -0.05) is 29.8 Å². The number of nitrogens with one attached hydrogen (secondary N) is 1. The first kappa shape index (κ1) is 13.4. The van der Waals surface area contributed by atoms with Crippen molar-refractivity contribution in [3.05, 3.63) is 64.4 Å². The number of carboxylic acids is 1. The lowest BCUT2D eigenvalue weighted by molar-refractivity contribution is 0.0697. The second-order valence-electron chi connectivity index (χ2n) is 3.94. The van der Waals surface area contributed by atoms with E-state index in [-0.39, 0.29) is 22.9 Å². The van der Waals surface area contributed by atoms with Crippen molar-refractivity contribution in [1.82, 2.24) is 0 Å². The molecule has 2 rings (SSSR count). The molecular weight excluding hydrogens is 269 g/mol. The Labute approximate surface area is 114 Å². The molecule has 0 saturated carbocycles. The Morgan fingerprint density at radius 2 is 2.00 bits per heavy atom. The molecule has 2 aromatic rings. The van der Waals surface area contributed by atoms with Gasteiger partial charge in [0.05, 0.1) is 10.6 Å². The Balaban J connectivity index is 2.14. The number of halogens is 2. The Morgan fingerprint density at radius 1 is 1.26 bits per heavy atom. The average Bonchev–Trinajstić information content (AvgIpc) is 2.39. The van der Waals surface area contributed by atoms with Gasteiger partial charge in [-0.05, 0) is 24.3 Å². The van der Waals surface area contributed by atoms with Gasteiger partial charge in [-0.15, -0.1) is 0 Å². The molecule has 0 saturated heterocycles. The van der Waals surface area contributed by atoms with Gasteiger partial charge in [0.1, 0.15) is 5.82 Å². The number of hydrogen-bond donors (Lipinski definition) is 2. The minimum Gasteiger partial charge on any atom is -0.478 e. The van der Waals surface area contributed by atoms with Gasteiger partial charge in [0.15, 0.2) is 0 Å². The number of benzene rings is 2. The molecule has 98 valence electrons. The third kappa shape index (κ3) is 3.23. The summed E-state index contributed by atoms with van der Waals surface area (Å²) in [5.41, 5.74) is 1.10. The Morgan fingerprint density at radius 3 is 2.68 bits per heavy atom. The van der Waals surface area contributed by atoms with Crippen molar-refractivity contribution in [3.63, 3.8) is 0 Å². The standard InChI is InChI=1S/C14H11ClFNO2/c15-12-6-5-10(7-11(12)14(18)19)17-8-9-3-1-2-4-13(9)16/h1-7,17H,8H2,(H,18,19). The Kier molecular flexibility index (Phi) is 4.02. The minimum absolute atomic E-state index is 0.0141. The molecule has 0 unspecified atom stereocenters. The highest BCUT2D eigenvalue weighted by Gasteiger charge is 2.09. The van der Waals surface area contributed by atoms with E-state index in [0.717, 1.165) is 0 Å². The second kappa shape index (κ2) is 5.71. The van der Waals surface area contributed by atoms with Gasteiger partial charge in [-0.3, -0.25) is 0 Å². The summed E-state index contributed by atoms with van der Waals surface area (Å²) in [6, 6.07) is 11.0. The van der Waals surface area contributed by atoms with E-state index in [0.29, 0.717) is 11.3 Å². The fraction of sp³-hybridized carbons (Fsp3) is 0.0714. The molecule has 0 radical (unpaired) electrons. The predicted molar refractivity (Wildman–Crippen MR) is 72.1 cm³/mol. The lowest BCUT2D eigenvalue weighted by Crippen LogP contribution is -2.04. The molecule has 0 atom stereocenters. The number of carbonyl (C=O) groups is 1. The third-order valence-corrected chi connectivity index (χ3v) is 2.97. The summed E-state index contributed by atoms with van der Waals surface area (Å²) in [4.78, 5) is 10.9. The highest BCUT2D eigenvalue weighted by atomic mass is 35.5. The SMILES string of the molecule is O=C(O)c1cc(NCc2ccccc2F)ccc1Cl. The summed E-state index contributed by atoms with van der Waals surface area (Å²) in [5, 5.41) is 12.1. The monoisotopic (exact) mass is 279 g/mol. The van der Waals surface area contributed by atoms with Crippen molar-refractivity contribution in [2.75, 3.05) is 5.32 Å². The number of carboxylic acid groups (broad SMARTS) is 1. The summed E-state index contributed by atoms with van der Waals surface area (Å²) in [7, 11) is 0. The molecule has 2 N–H and O–H groups in total. The van der Waals surface area contributed by atoms with Crippen molar-refractivity contribution in [3.8, 4) is 0 Å². The summed E-state index contributed by atoms with van der Waals surface area (Å²) in [6.07, 6.45) is 0. The molecule has 0 fully saturated rings. The maximum absolute atomic E-state index is 13.4. The zero-order valence-corrected chi connectivity index (χ0v) is 10.6. The van der Waals surface area contributed by atoms with E-state index in [1.165, 1.54) is 18.2 Å². The first-order valence-electron chi connectivity index (χ1n) is 5.58. The van der Waals surface area contributed by atoms with Crippen molar-refractivity contribution < 1.29 is 14.3 Å². The number of aromatic carboxylic acids is 1. The molecule has 0 aliphatic heterocycles. The van der Waals surface area contributed by atoms with Gasteiger partial charge in [0.25, 0.3) is 0 Å². The molecular formula is C14H11ClFNO2. The first-order chi connectivity index (χ1) is 9.08. The van der Waals surface area contributed by atoms with Crippen LogP contribution in [0.15, 0.2) is 42.5 Å². The van der Waals surface area contributed by atoms with Gasteiger partial charge < -0.3 is 10.4 Å². The second-order valence-corrected chi connectivity index (χ2v) is 4.35. The summed E-state index contributed by atoms with van der Waals surface area (Å²) in [6.45, 7) is 0.271. The molecule has 0 bridgehead atoms. The van der Waals surface area contributed by atoms with Gasteiger partial charge >= 0.3 is 5.97 Å². The van der Waals surface area contributed by atoms with Crippen LogP contribution in [0.3, 0.4) is 0 Å². The fourth-order valence-corrected chi connectivity index (χ4v) is 1.84. The summed E-state index contributed by atoms with van der Waals surface area (Å²) < 4.78 is 13.4. The van der Waals surface area contributed by atoms with Crippen molar-refractivity contribution in [1.29, 1.82) is 0 Å². The third-order valence-electron chi connectivity index (χ3n) is 2.64. The van der Waals surface area contributed by atoms with Crippen LogP contribution in [0.4, 0.5) is 10.1 Å². The average molecular weight is 280 g/mol. The molecule has 0 aliphatic rings. The molecule has 19 heavy (non-hydrogen) atoms. The van der Waals surface area contributed by atoms with E-state index >= 15 is 0 Å². The number of anilines is 1. The zero-order valence-electron chi connectivity index (χ0n) is 9.86. The van der Waals surface area contributed by atoms with Gasteiger partial charge in [-0.25, -0.2) is 9.18 Å². The van der Waals surface area contributed by atoms with Gasteiger partial charge in [0.2, 0.25) is 0 Å². The van der Waals surface area contributed by atoms with Gasteiger partial charge in [-0.2, -0.15) is 0 Å². The van der Waals surface area contributed by atoms with Crippen LogP contribution in [-0.2, 0) is 6.54 Å². The molecule has 0 spiro atoms. The maximum atomic E-state index is 13.4. The van der Waals surface area contributed by atoms with Crippen molar-refractivity contribution in [2.45, 2.75) is 6.54 Å². The quantitative estimate of drug-likeness (QED) is 0.895. The first-order valence-corrected chi connectivity index (χ1v) is 5.96. The van der Waals surface area contributed by atoms with Gasteiger partial charge in [0, 0.05) is 17.8 Å². The number of rotatable bonds is 4. The van der Waals surface area contributed by atoms with E-state index in [9.17, 15) is 9.18 Å². The summed E-state index contributed by atoms with van der Waals surface area (Å²) >= 11 is 5.76. The Bertz CT molecular complexity index is 616. The maximum Gasteiger partial charge on any atom is 0.337 e. The van der Waals surface area contributed by atoms with Crippen LogP contribution in [0.5, 0.6) is 0 Å². The lowest BCUT2D eigenvalue weighted by atomic mass is 10.1. The lowest BCUT2D eigenvalue weighted by Gasteiger charge is -2.09. The van der Waals surface area contributed by atoms with E-state index in [2.05, 4.69) is 5.32 Å². The molecule has 5 heteroatoms. The molecule has 2 aromatic carbocycles. The highest BCUT2D eigenvalue weighted by molar-refractivity contribution is 6.33. The topological polar surface area (TPSA) is 49.3 Å². The fourth-order valence-electron chi connectivity index (χ4n) is 1.64. The van der Waals surface area contributed by atoms with Crippen molar-refractivity contribution in [2.24, 2.45) is 0 Å². The van der Waals surface area contributed by atoms with Crippen LogP contribution in [-0.4, -0.2) is 11.1 Å². The van der Waals surface area contributed by atoms with Crippen LogP contribution in [0, 0.1) is 5.82 Å². The van der Waals surface area contributed by atoms with Crippen LogP contribution in [0.1, 0.15) is 15.9 Å². The molecule has 0 heterocycles. The predicted octanol–water partition coefficient (Wildman–Crippen LogP) is 3.79. The van der Waals surface area contributed by atoms with Crippen LogP contribution >= 0.6 is 11.6 Å². The van der Waals surface area contributed by atoms with E-state index in [1.54, 1.807) is 24.3 Å². The van der Waals surface area contributed by atoms with Crippen LogP contribution < -0.4 is 5.32 Å². The van der Waals surface area contributed by atoms with E-state index in [4.69, 9.17) is 16.7 Å². The molecule has 0 aliphatic carbocycles. The van der Waals surface area contributed by atoms with E-state index < -0.39 is 5.97 Å². The van der Waals surface area contributed by atoms with Crippen LogP contribution in [0.25, 0.3) is 0 Å². The number of hydrogen-bond acceptors (Lipinski definition) is 2. The van der Waals surface area contributed by atoms with E-state index in [1.807, 2.05) is 0 Å². The molecule has 0 aromatic heterocycles. The van der Waals surface area contributed by atoms with Crippen LogP contribution in [0.2, 0.25) is 5.02 Å². The molecule has 3 nitrogen and oxygen atoms in total. The zero-order chi connectivity index (χ0) is 13.8. The molecule has 0 amide bonds. The minimum atomic E-state index is -1.10. The summed E-state index contributed by atoms with van der Waals surface area (Å²) in [5.74, 6) is -1.40. The Hall–Kier alpha value is -2.07. The smallest absolute Gasteiger partial charge is 0.337 e. The highest BCUT2D eigenvalue weighted by Crippen LogP contribution is 2.21. The normalized spacial score (nSPS) is 10.2. The van der Waals surface area contributed by atoms with Crippen molar-refractivity contribution >= 4 is 23.3 Å².